The Bertz CT molecular complexity index is 466. The van der Waals surface area contributed by atoms with Crippen molar-refractivity contribution in [2.24, 2.45) is 4.99 Å². The molecule has 1 aliphatic rings. The zero-order chi connectivity index (χ0) is 12.5. The van der Waals surface area contributed by atoms with Crippen molar-refractivity contribution in [3.63, 3.8) is 0 Å². The number of anilines is 1. The van der Waals surface area contributed by atoms with E-state index < -0.39 is 0 Å². The molecule has 2 nitrogen and oxygen atoms in total. The Morgan fingerprint density at radius 3 is 2.33 bits per heavy atom. The molecule has 0 aromatic heterocycles. The number of benzene rings is 1. The second-order valence-corrected chi connectivity index (χ2v) is 5.48. The van der Waals surface area contributed by atoms with Gasteiger partial charge in [-0.3, -0.25) is 9.89 Å². The molecule has 0 spiro atoms. The van der Waals surface area contributed by atoms with E-state index in [2.05, 4.69) is 62.3 Å². The first-order chi connectivity index (χ1) is 8.03. The van der Waals surface area contributed by atoms with Crippen LogP contribution in [0.25, 0.3) is 0 Å². The summed E-state index contributed by atoms with van der Waals surface area (Å²) in [5.74, 6) is 0. The fourth-order valence-corrected chi connectivity index (χ4v) is 2.84. The normalized spacial score (nSPS) is 17.7. The van der Waals surface area contributed by atoms with Crippen molar-refractivity contribution in [2.75, 3.05) is 11.2 Å². The molecule has 98 valence electrons. The van der Waals surface area contributed by atoms with Gasteiger partial charge in [-0.2, -0.15) is 0 Å². The molecule has 0 fully saturated rings. The number of hydrogen-bond donors (Lipinski definition) is 0. The zero-order valence-corrected chi connectivity index (χ0v) is 14.3. The molecule has 1 aromatic carbocycles. The molecule has 1 aromatic rings. The van der Waals surface area contributed by atoms with Gasteiger partial charge >= 0.3 is 0 Å². The first-order valence-electron chi connectivity index (χ1n) is 5.72. The van der Waals surface area contributed by atoms with E-state index in [9.17, 15) is 0 Å². The van der Waals surface area contributed by atoms with Crippen LogP contribution in [0.3, 0.4) is 0 Å². The zero-order valence-electron chi connectivity index (χ0n) is 11.2. The Hall–Kier alpha value is -0.490. The highest BCUT2D eigenvalue weighted by Gasteiger charge is 2.26. The topological polar surface area (TPSA) is 15.6 Å². The Balaban J connectivity index is 0.00000162. The van der Waals surface area contributed by atoms with E-state index >= 15 is 0 Å². The van der Waals surface area contributed by atoms with E-state index in [1.165, 1.54) is 11.4 Å². The van der Waals surface area contributed by atoms with Crippen LogP contribution in [-0.4, -0.2) is 17.0 Å². The summed E-state index contributed by atoms with van der Waals surface area (Å²) in [6.45, 7) is 6.41. The van der Waals surface area contributed by atoms with Gasteiger partial charge in [-0.05, 0) is 45.2 Å². The van der Waals surface area contributed by atoms with E-state index in [0.717, 1.165) is 5.17 Å². The molecule has 18 heavy (non-hydrogen) atoms. The monoisotopic (exact) mass is 374 g/mol. The molecule has 1 aliphatic heterocycles. The molecule has 0 N–H and O–H groups in total. The molecular formula is C14H19IN2S. The number of para-hydroxylation sites is 1. The molecule has 4 heteroatoms. The number of allylic oxidation sites excluding steroid dienone is 1. The van der Waals surface area contributed by atoms with Crippen molar-refractivity contribution in [2.45, 2.75) is 26.3 Å². The van der Waals surface area contributed by atoms with Gasteiger partial charge in [0.25, 0.3) is 0 Å². The van der Waals surface area contributed by atoms with E-state index in [0.29, 0.717) is 0 Å². The highest BCUT2D eigenvalue weighted by molar-refractivity contribution is 14.0. The lowest BCUT2D eigenvalue weighted by Gasteiger charge is -2.34. The van der Waals surface area contributed by atoms with E-state index in [1.807, 2.05) is 6.07 Å². The second-order valence-electron chi connectivity index (χ2n) is 4.71. The predicted molar refractivity (Wildman–Crippen MR) is 93.1 cm³/mol. The van der Waals surface area contributed by atoms with Crippen molar-refractivity contribution >= 4 is 46.6 Å². The lowest BCUT2D eigenvalue weighted by molar-refractivity contribution is 0.642. The number of thioether (sulfide) groups is 1. The van der Waals surface area contributed by atoms with Crippen LogP contribution in [-0.2, 0) is 0 Å². The summed E-state index contributed by atoms with van der Waals surface area (Å²) in [5, 5.41) is 1.06. The molecule has 0 aliphatic carbocycles. The molecule has 0 saturated heterocycles. The first kappa shape index (κ1) is 15.6. The largest absolute Gasteiger partial charge is 0.294 e. The quantitative estimate of drug-likeness (QED) is 0.672. The number of hydrogen-bond acceptors (Lipinski definition) is 3. The van der Waals surface area contributed by atoms with E-state index in [-0.39, 0.29) is 29.5 Å². The average molecular weight is 374 g/mol. The lowest BCUT2D eigenvalue weighted by atomic mass is 10.0. The van der Waals surface area contributed by atoms with Crippen molar-refractivity contribution in [1.82, 2.24) is 0 Å². The maximum Gasteiger partial charge on any atom is 0.168 e. The van der Waals surface area contributed by atoms with Gasteiger partial charge in [-0.1, -0.05) is 30.0 Å². The Labute approximate surface area is 131 Å². The smallest absolute Gasteiger partial charge is 0.168 e. The molecule has 0 amide bonds. The SMILES string of the molecule is CSC1=NC(C)(C)C=C(C)N1c1ccccc1.I. The summed E-state index contributed by atoms with van der Waals surface area (Å²) in [6.07, 6.45) is 4.28. The average Bonchev–Trinajstić information content (AvgIpc) is 2.28. The molecule has 2 rings (SSSR count). The highest BCUT2D eigenvalue weighted by Crippen LogP contribution is 2.30. The first-order valence-corrected chi connectivity index (χ1v) is 6.94. The Kier molecular flexibility index (Phi) is 5.28. The van der Waals surface area contributed by atoms with Gasteiger partial charge in [-0.25, -0.2) is 0 Å². The van der Waals surface area contributed by atoms with Gasteiger partial charge in [0.05, 0.1) is 5.54 Å². The van der Waals surface area contributed by atoms with Crippen LogP contribution in [0.1, 0.15) is 20.8 Å². The van der Waals surface area contributed by atoms with Gasteiger partial charge in [0.2, 0.25) is 0 Å². The Morgan fingerprint density at radius 1 is 1.17 bits per heavy atom. The fourth-order valence-electron chi connectivity index (χ4n) is 2.08. The molecule has 0 atom stereocenters. The summed E-state index contributed by atoms with van der Waals surface area (Å²) >= 11 is 1.69. The second kappa shape index (κ2) is 6.10. The molecule has 0 unspecified atom stereocenters. The standard InChI is InChI=1S/C14H18N2S.HI/c1-11-10-14(2,3)15-13(17-4)16(11)12-8-6-5-7-9-12;/h5-10H,1-4H3;1H. The number of rotatable bonds is 1. The van der Waals surface area contributed by atoms with Gasteiger partial charge in [0.15, 0.2) is 5.17 Å². The van der Waals surface area contributed by atoms with Gasteiger partial charge in [0.1, 0.15) is 0 Å². The maximum atomic E-state index is 4.77. The van der Waals surface area contributed by atoms with E-state index in [1.54, 1.807) is 11.8 Å². The highest BCUT2D eigenvalue weighted by atomic mass is 127. The Morgan fingerprint density at radius 2 is 1.78 bits per heavy atom. The van der Waals surface area contributed by atoms with Crippen LogP contribution in [0.4, 0.5) is 5.69 Å². The number of aliphatic imine (C=N–C) groups is 1. The summed E-state index contributed by atoms with van der Waals surface area (Å²) in [5.41, 5.74) is 2.30. The lowest BCUT2D eigenvalue weighted by Crippen LogP contribution is -2.35. The summed E-state index contributed by atoms with van der Waals surface area (Å²) in [4.78, 5) is 6.97. The van der Waals surface area contributed by atoms with Crippen molar-refractivity contribution in [1.29, 1.82) is 0 Å². The molecule has 0 bridgehead atoms. The number of halogens is 1. The third-order valence-electron chi connectivity index (χ3n) is 2.69. The maximum absolute atomic E-state index is 4.77. The minimum atomic E-state index is -0.103. The fraction of sp³-hybridized carbons (Fsp3) is 0.357. The number of amidine groups is 1. The minimum Gasteiger partial charge on any atom is -0.294 e. The van der Waals surface area contributed by atoms with Crippen molar-refractivity contribution in [3.05, 3.63) is 42.1 Å². The van der Waals surface area contributed by atoms with Gasteiger partial charge in [-0.15, -0.1) is 24.0 Å². The third kappa shape index (κ3) is 3.29. The minimum absolute atomic E-state index is 0. The van der Waals surface area contributed by atoms with Crippen LogP contribution in [0.5, 0.6) is 0 Å². The summed E-state index contributed by atoms with van der Waals surface area (Å²) in [6, 6.07) is 10.4. The van der Waals surface area contributed by atoms with Crippen molar-refractivity contribution < 1.29 is 0 Å². The molecule has 0 saturated carbocycles. The third-order valence-corrected chi connectivity index (χ3v) is 3.33. The summed E-state index contributed by atoms with van der Waals surface area (Å²) in [7, 11) is 0. The molecule has 1 heterocycles. The van der Waals surface area contributed by atoms with Crippen LogP contribution in [0.2, 0.25) is 0 Å². The van der Waals surface area contributed by atoms with Crippen LogP contribution < -0.4 is 4.90 Å². The molecule has 0 radical (unpaired) electrons. The van der Waals surface area contributed by atoms with E-state index in [4.69, 9.17) is 4.99 Å². The van der Waals surface area contributed by atoms with Crippen LogP contribution in [0, 0.1) is 0 Å². The summed E-state index contributed by atoms with van der Waals surface area (Å²) < 4.78 is 0. The van der Waals surface area contributed by atoms with Crippen molar-refractivity contribution in [3.8, 4) is 0 Å². The van der Waals surface area contributed by atoms with Gasteiger partial charge in [0, 0.05) is 11.4 Å². The predicted octanol–water partition coefficient (Wildman–Crippen LogP) is 4.53. The number of nitrogens with zero attached hydrogens (tertiary/aromatic N) is 2. The van der Waals surface area contributed by atoms with Gasteiger partial charge < -0.3 is 0 Å². The van der Waals surface area contributed by atoms with Crippen LogP contribution in [0.15, 0.2) is 47.1 Å². The van der Waals surface area contributed by atoms with Crippen LogP contribution >= 0.6 is 35.7 Å². The molecular weight excluding hydrogens is 355 g/mol.